The number of halogens is 1. The number of aliphatic carboxylic acids is 1. The molecule has 0 saturated heterocycles. The highest BCUT2D eigenvalue weighted by Gasteiger charge is 2.32. The summed E-state index contributed by atoms with van der Waals surface area (Å²) in [6.07, 6.45) is 0.294. The molecule has 1 rings (SSSR count). The van der Waals surface area contributed by atoms with E-state index in [9.17, 15) is 9.59 Å². The number of carboxylic acid groups (broad SMARTS) is 1. The summed E-state index contributed by atoms with van der Waals surface area (Å²) in [6.45, 7) is 4.88. The highest BCUT2D eigenvalue weighted by molar-refractivity contribution is 9.10. The molecular weight excluding hydrogens is 326 g/mol. The molecule has 5 nitrogen and oxygen atoms in total. The molecule has 1 atom stereocenters. The molecule has 1 amide bonds. The zero-order valence-corrected chi connectivity index (χ0v) is 13.3. The van der Waals surface area contributed by atoms with Crippen LogP contribution in [0.4, 0.5) is 0 Å². The Morgan fingerprint density at radius 1 is 1.45 bits per heavy atom. The average molecular weight is 344 g/mol. The fourth-order valence-corrected chi connectivity index (χ4v) is 2.11. The Kier molecular flexibility index (Phi) is 5.56. The van der Waals surface area contributed by atoms with E-state index in [1.807, 2.05) is 19.1 Å². The lowest BCUT2D eigenvalue weighted by molar-refractivity contribution is -0.147. The topological polar surface area (TPSA) is 75.6 Å². The maximum atomic E-state index is 11.8. The minimum absolute atomic E-state index is 0.232. The number of carboxylic acids is 1. The van der Waals surface area contributed by atoms with Gasteiger partial charge in [-0.15, -0.1) is 0 Å². The first-order valence-corrected chi connectivity index (χ1v) is 7.01. The first kappa shape index (κ1) is 16.5. The zero-order chi connectivity index (χ0) is 15.3. The fraction of sp³-hybridized carbons (Fsp3) is 0.429. The van der Waals surface area contributed by atoms with Crippen LogP contribution in [0.2, 0.25) is 0 Å². The number of amides is 1. The molecule has 0 saturated carbocycles. The molecule has 1 unspecified atom stereocenters. The number of ether oxygens (including phenoxy) is 1. The van der Waals surface area contributed by atoms with Gasteiger partial charge in [0.05, 0.1) is 4.47 Å². The summed E-state index contributed by atoms with van der Waals surface area (Å²) < 4.78 is 6.12. The summed E-state index contributed by atoms with van der Waals surface area (Å²) in [5.74, 6) is -0.992. The van der Waals surface area contributed by atoms with Crippen LogP contribution in [0.1, 0.15) is 25.8 Å². The molecule has 0 fully saturated rings. The second-order valence-electron chi connectivity index (χ2n) is 4.76. The lowest BCUT2D eigenvalue weighted by Gasteiger charge is -2.24. The molecule has 6 heteroatoms. The molecule has 0 radical (unpaired) electrons. The first-order chi connectivity index (χ1) is 9.28. The first-order valence-electron chi connectivity index (χ1n) is 6.22. The normalized spacial score (nSPS) is 13.4. The highest BCUT2D eigenvalue weighted by Crippen LogP contribution is 2.25. The Bertz CT molecular complexity index is 518. The molecule has 0 aliphatic rings. The SMILES string of the molecule is CCC(C)(NC(=O)COc1ccc(C)cc1Br)C(=O)O. The van der Waals surface area contributed by atoms with Gasteiger partial charge in [-0.1, -0.05) is 13.0 Å². The summed E-state index contributed by atoms with van der Waals surface area (Å²) >= 11 is 3.34. The van der Waals surface area contributed by atoms with Gasteiger partial charge < -0.3 is 15.2 Å². The predicted octanol–water partition coefficient (Wildman–Crippen LogP) is 2.51. The van der Waals surface area contributed by atoms with Crippen molar-refractivity contribution in [2.75, 3.05) is 6.61 Å². The van der Waals surface area contributed by atoms with Crippen LogP contribution in [0.15, 0.2) is 22.7 Å². The maximum absolute atomic E-state index is 11.8. The van der Waals surface area contributed by atoms with E-state index in [-0.39, 0.29) is 6.61 Å². The Balaban J connectivity index is 2.62. The minimum Gasteiger partial charge on any atom is -0.483 e. The second-order valence-corrected chi connectivity index (χ2v) is 5.62. The van der Waals surface area contributed by atoms with E-state index in [1.54, 1.807) is 13.0 Å². The van der Waals surface area contributed by atoms with Crippen LogP contribution in [0.3, 0.4) is 0 Å². The van der Waals surface area contributed by atoms with Crippen LogP contribution >= 0.6 is 15.9 Å². The standard InChI is InChI=1S/C14H18BrNO4/c1-4-14(3,13(18)19)16-12(17)8-20-11-6-5-9(2)7-10(11)15/h5-7H,4,8H2,1-3H3,(H,16,17)(H,18,19). The van der Waals surface area contributed by atoms with Crippen molar-refractivity contribution in [3.63, 3.8) is 0 Å². The second kappa shape index (κ2) is 6.74. The van der Waals surface area contributed by atoms with Crippen molar-refractivity contribution in [3.8, 4) is 5.75 Å². The van der Waals surface area contributed by atoms with Gasteiger partial charge in [0.15, 0.2) is 6.61 Å². The van der Waals surface area contributed by atoms with Crippen LogP contribution in [-0.4, -0.2) is 29.1 Å². The highest BCUT2D eigenvalue weighted by atomic mass is 79.9. The summed E-state index contributed by atoms with van der Waals surface area (Å²) in [7, 11) is 0. The lowest BCUT2D eigenvalue weighted by atomic mass is 9.99. The van der Waals surface area contributed by atoms with Crippen molar-refractivity contribution in [1.29, 1.82) is 0 Å². The van der Waals surface area contributed by atoms with Crippen molar-refractivity contribution >= 4 is 27.8 Å². The monoisotopic (exact) mass is 343 g/mol. The lowest BCUT2D eigenvalue weighted by Crippen LogP contribution is -2.53. The van der Waals surface area contributed by atoms with Gasteiger partial charge in [-0.05, 0) is 53.9 Å². The van der Waals surface area contributed by atoms with Crippen molar-refractivity contribution in [1.82, 2.24) is 5.32 Å². The van der Waals surface area contributed by atoms with Gasteiger partial charge in [-0.2, -0.15) is 0 Å². The van der Waals surface area contributed by atoms with Crippen molar-refractivity contribution in [3.05, 3.63) is 28.2 Å². The van der Waals surface area contributed by atoms with Gasteiger partial charge in [0.2, 0.25) is 0 Å². The summed E-state index contributed by atoms with van der Waals surface area (Å²) in [6, 6.07) is 5.50. The molecular formula is C14H18BrNO4. The molecule has 20 heavy (non-hydrogen) atoms. The number of carbonyl (C=O) groups excluding carboxylic acids is 1. The fourth-order valence-electron chi connectivity index (χ4n) is 1.50. The Morgan fingerprint density at radius 2 is 2.10 bits per heavy atom. The van der Waals surface area contributed by atoms with E-state index >= 15 is 0 Å². The molecule has 0 heterocycles. The van der Waals surface area contributed by atoms with E-state index in [2.05, 4.69) is 21.2 Å². The van der Waals surface area contributed by atoms with Gasteiger partial charge in [0, 0.05) is 0 Å². The number of hydrogen-bond acceptors (Lipinski definition) is 3. The largest absolute Gasteiger partial charge is 0.483 e. The molecule has 0 spiro atoms. The van der Waals surface area contributed by atoms with E-state index in [4.69, 9.17) is 9.84 Å². The van der Waals surface area contributed by atoms with Gasteiger partial charge in [-0.3, -0.25) is 4.79 Å². The van der Waals surface area contributed by atoms with E-state index in [0.717, 1.165) is 10.0 Å². The molecule has 110 valence electrons. The van der Waals surface area contributed by atoms with Gasteiger partial charge in [-0.25, -0.2) is 4.79 Å². The van der Waals surface area contributed by atoms with Crippen molar-refractivity contribution in [2.45, 2.75) is 32.7 Å². The van der Waals surface area contributed by atoms with Crippen LogP contribution in [-0.2, 0) is 9.59 Å². The Hall–Kier alpha value is -1.56. The van der Waals surface area contributed by atoms with Crippen molar-refractivity contribution in [2.24, 2.45) is 0 Å². The van der Waals surface area contributed by atoms with Crippen molar-refractivity contribution < 1.29 is 19.4 Å². The van der Waals surface area contributed by atoms with Crippen LogP contribution in [0, 0.1) is 6.92 Å². The third kappa shape index (κ3) is 4.23. The van der Waals surface area contributed by atoms with Gasteiger partial charge in [0.25, 0.3) is 5.91 Å². The molecule has 0 aliphatic heterocycles. The number of nitrogens with one attached hydrogen (secondary N) is 1. The van der Waals surface area contributed by atoms with E-state index in [0.29, 0.717) is 12.2 Å². The van der Waals surface area contributed by atoms with Crippen LogP contribution in [0.5, 0.6) is 5.75 Å². The van der Waals surface area contributed by atoms with Crippen LogP contribution < -0.4 is 10.1 Å². The Morgan fingerprint density at radius 3 is 2.60 bits per heavy atom. The molecule has 1 aromatic rings. The quantitative estimate of drug-likeness (QED) is 0.831. The number of hydrogen-bond donors (Lipinski definition) is 2. The van der Waals surface area contributed by atoms with Gasteiger partial charge >= 0.3 is 5.97 Å². The summed E-state index contributed by atoms with van der Waals surface area (Å²) in [5, 5.41) is 11.5. The van der Waals surface area contributed by atoms with Gasteiger partial charge in [0.1, 0.15) is 11.3 Å². The summed E-state index contributed by atoms with van der Waals surface area (Å²) in [4.78, 5) is 22.8. The number of benzene rings is 1. The molecule has 1 aromatic carbocycles. The average Bonchev–Trinajstić information content (AvgIpc) is 2.37. The number of aryl methyl sites for hydroxylation is 1. The van der Waals surface area contributed by atoms with E-state index < -0.39 is 17.4 Å². The molecule has 0 aliphatic carbocycles. The van der Waals surface area contributed by atoms with Crippen LogP contribution in [0.25, 0.3) is 0 Å². The number of carbonyl (C=O) groups is 2. The number of rotatable bonds is 6. The molecule has 0 aromatic heterocycles. The smallest absolute Gasteiger partial charge is 0.329 e. The third-order valence-corrected chi connectivity index (χ3v) is 3.66. The minimum atomic E-state index is -1.27. The zero-order valence-electron chi connectivity index (χ0n) is 11.7. The third-order valence-electron chi connectivity index (χ3n) is 3.04. The maximum Gasteiger partial charge on any atom is 0.329 e. The Labute approximate surface area is 126 Å². The van der Waals surface area contributed by atoms with E-state index in [1.165, 1.54) is 6.92 Å². The molecule has 0 bridgehead atoms. The molecule has 2 N–H and O–H groups in total. The summed E-state index contributed by atoms with van der Waals surface area (Å²) in [5.41, 5.74) is -0.205. The predicted molar refractivity (Wildman–Crippen MR) is 78.8 cm³/mol.